The van der Waals surface area contributed by atoms with Crippen LogP contribution in [0.25, 0.3) is 0 Å². The van der Waals surface area contributed by atoms with Gasteiger partial charge >= 0.3 is 71.6 Å². The van der Waals surface area contributed by atoms with E-state index in [9.17, 15) is 114 Å². The second-order valence-corrected chi connectivity index (χ2v) is 8.35. The van der Waals surface area contributed by atoms with Crippen molar-refractivity contribution < 1.29 is 114 Å². The summed E-state index contributed by atoms with van der Waals surface area (Å²) in [4.78, 5) is 0. The molecule has 0 aromatic rings. The van der Waals surface area contributed by atoms with Crippen molar-refractivity contribution >= 4 is 0 Å². The van der Waals surface area contributed by atoms with Crippen LogP contribution < -0.4 is 10.9 Å². The Balaban J connectivity index is 5.62. The highest BCUT2D eigenvalue weighted by Gasteiger charge is 2.92. The second kappa shape index (κ2) is 11.4. The molecule has 2 N–H and O–H groups in total. The summed E-state index contributed by atoms with van der Waals surface area (Å²) in [6.07, 6.45) is -21.5. The summed E-state index contributed by atoms with van der Waals surface area (Å²) in [5.74, 6) is -78.1. The molecule has 44 heavy (non-hydrogen) atoms. The number of alkyl halides is 26. The number of hydrazine groups is 1. The van der Waals surface area contributed by atoms with Crippen molar-refractivity contribution in [3.63, 3.8) is 0 Å². The minimum atomic E-state index is -8.27. The predicted octanol–water partition coefficient (Wildman–Crippen LogP) is 8.34. The molecule has 0 unspecified atom stereocenters. The van der Waals surface area contributed by atoms with Gasteiger partial charge in [0.15, 0.2) is 0 Å². The molecule has 266 valence electrons. The zero-order chi connectivity index (χ0) is 36.2. The van der Waals surface area contributed by atoms with Gasteiger partial charge in [0, 0.05) is 25.9 Å². The Morgan fingerprint density at radius 2 is 0.432 bits per heavy atom. The molecule has 0 aromatic carbocycles. The molecule has 0 saturated heterocycles. The number of nitrogens with one attached hydrogen (secondary N) is 2. The van der Waals surface area contributed by atoms with E-state index in [1.165, 1.54) is 0 Å². The van der Waals surface area contributed by atoms with Crippen molar-refractivity contribution in [2.75, 3.05) is 13.1 Å². The quantitative estimate of drug-likeness (QED) is 0.101. The first kappa shape index (κ1) is 42.1. The summed E-state index contributed by atoms with van der Waals surface area (Å²) in [6, 6.07) is 0. The van der Waals surface area contributed by atoms with Crippen LogP contribution >= 0.6 is 0 Å². The van der Waals surface area contributed by atoms with E-state index >= 15 is 0 Å². The van der Waals surface area contributed by atoms with Gasteiger partial charge in [0.2, 0.25) is 0 Å². The van der Waals surface area contributed by atoms with Gasteiger partial charge in [-0.3, -0.25) is 10.9 Å². The molecular formula is C16H10F26N2. The van der Waals surface area contributed by atoms with Gasteiger partial charge in [0.25, 0.3) is 0 Å². The Bertz CT molecular complexity index is 896. The Hall–Kier alpha value is -1.90. The highest BCUT2D eigenvalue weighted by molar-refractivity contribution is 5.11. The minimum absolute atomic E-state index is 0.889. The van der Waals surface area contributed by atoms with Crippen LogP contribution in [0.1, 0.15) is 12.8 Å². The molecule has 0 heterocycles. The predicted molar refractivity (Wildman–Crippen MR) is 86.8 cm³/mol. The van der Waals surface area contributed by atoms with Crippen LogP contribution in [-0.2, 0) is 0 Å². The Morgan fingerprint density at radius 3 is 0.614 bits per heavy atom. The zero-order valence-electron chi connectivity index (χ0n) is 19.7. The number of rotatable bonds is 15. The van der Waals surface area contributed by atoms with Crippen LogP contribution in [-0.4, -0.2) is 84.7 Å². The highest BCUT2D eigenvalue weighted by atomic mass is 19.4. The van der Waals surface area contributed by atoms with Gasteiger partial charge in [-0.15, -0.1) is 0 Å². The first-order chi connectivity index (χ1) is 18.7. The summed E-state index contributed by atoms with van der Waals surface area (Å²) in [5.41, 5.74) is 1.78. The maximum absolute atomic E-state index is 13.5. The molecule has 0 bridgehead atoms. The zero-order valence-corrected chi connectivity index (χ0v) is 19.7. The molecule has 0 amide bonds. The largest absolute Gasteiger partial charge is 0.460 e. The van der Waals surface area contributed by atoms with Crippen molar-refractivity contribution in [2.24, 2.45) is 0 Å². The lowest BCUT2D eigenvalue weighted by Gasteiger charge is -2.40. The van der Waals surface area contributed by atoms with E-state index in [0.717, 1.165) is 10.9 Å². The van der Waals surface area contributed by atoms with Crippen molar-refractivity contribution in [2.45, 2.75) is 84.4 Å². The van der Waals surface area contributed by atoms with Crippen molar-refractivity contribution in [3.8, 4) is 0 Å². The molecule has 0 fully saturated rings. The van der Waals surface area contributed by atoms with Gasteiger partial charge < -0.3 is 0 Å². The maximum Gasteiger partial charge on any atom is 0.460 e. The summed E-state index contributed by atoms with van der Waals surface area (Å²) in [6.45, 7) is -4.35. The second-order valence-electron chi connectivity index (χ2n) is 8.35. The molecule has 2 nitrogen and oxygen atoms in total. The maximum atomic E-state index is 13.5. The van der Waals surface area contributed by atoms with Crippen LogP contribution in [0.5, 0.6) is 0 Å². The third kappa shape index (κ3) is 6.24. The molecule has 0 radical (unpaired) electrons. The van der Waals surface area contributed by atoms with E-state index < -0.39 is 97.5 Å². The van der Waals surface area contributed by atoms with E-state index in [1.54, 1.807) is 0 Å². The normalized spacial score (nSPS) is 16.5. The van der Waals surface area contributed by atoms with Gasteiger partial charge in [0.1, 0.15) is 0 Å². The summed E-state index contributed by atoms with van der Waals surface area (Å²) < 4.78 is 336. The lowest BCUT2D eigenvalue weighted by molar-refractivity contribution is -0.440. The van der Waals surface area contributed by atoms with Crippen LogP contribution in [0.15, 0.2) is 0 Å². The fourth-order valence-electron chi connectivity index (χ4n) is 2.53. The molecule has 0 aliphatic rings. The minimum Gasteiger partial charge on any atom is -0.258 e. The van der Waals surface area contributed by atoms with E-state index in [4.69, 9.17) is 0 Å². The average Bonchev–Trinajstić information content (AvgIpc) is 2.78. The molecule has 0 aromatic heterocycles. The van der Waals surface area contributed by atoms with Crippen LogP contribution in [0.2, 0.25) is 0 Å². The molecule has 0 rings (SSSR count). The van der Waals surface area contributed by atoms with Gasteiger partial charge in [-0.2, -0.15) is 114 Å². The lowest BCUT2D eigenvalue weighted by Crippen LogP contribution is -2.70. The Kier molecular flexibility index (Phi) is 10.9. The first-order valence-electron chi connectivity index (χ1n) is 10.1. The van der Waals surface area contributed by atoms with Gasteiger partial charge in [-0.1, -0.05) is 0 Å². The molecule has 0 aliphatic carbocycles. The summed E-state index contributed by atoms with van der Waals surface area (Å²) in [7, 11) is 0. The van der Waals surface area contributed by atoms with Gasteiger partial charge in [-0.25, -0.2) is 0 Å². The topological polar surface area (TPSA) is 24.1 Å². The third-order valence-electron chi connectivity index (χ3n) is 5.25. The molecular weight excluding hydrogens is 714 g/mol. The van der Waals surface area contributed by atoms with Crippen LogP contribution in [0.4, 0.5) is 114 Å². The lowest BCUT2D eigenvalue weighted by atomic mass is 9.92. The van der Waals surface area contributed by atoms with Crippen molar-refractivity contribution in [1.82, 2.24) is 10.9 Å². The van der Waals surface area contributed by atoms with Gasteiger partial charge in [-0.05, 0) is 0 Å². The standard InChI is InChI=1S/C16H10F26N2/c17-5(18,7(21,22)9(25,26)11(29,30)13(33,34)15(37,38)39)1-3-43-44-4-2-6(19,20)8(23,24)10(27,28)12(31,32)14(35,36)16(40,41)42/h43-44H,1-4H2. The molecule has 0 aliphatic heterocycles. The average molecular weight is 724 g/mol. The summed E-state index contributed by atoms with van der Waals surface area (Å²) in [5, 5.41) is 0. The highest BCUT2D eigenvalue weighted by Crippen LogP contribution is 2.62. The van der Waals surface area contributed by atoms with Gasteiger partial charge in [0.05, 0.1) is 0 Å². The smallest absolute Gasteiger partial charge is 0.258 e. The fraction of sp³-hybridized carbons (Fsp3) is 1.00. The number of halogens is 26. The molecule has 0 atom stereocenters. The summed E-state index contributed by atoms with van der Waals surface area (Å²) >= 11 is 0. The monoisotopic (exact) mass is 724 g/mol. The molecule has 0 spiro atoms. The van der Waals surface area contributed by atoms with E-state index in [0.29, 0.717) is 0 Å². The third-order valence-corrected chi connectivity index (χ3v) is 5.25. The number of hydrogen-bond donors (Lipinski definition) is 2. The SMILES string of the molecule is FC(F)(F)C(F)(F)C(F)(F)C(F)(F)C(F)(F)C(F)(F)CCNNCCC(F)(F)C(F)(F)C(F)(F)C(F)(F)C(F)(F)C(F)(F)F. The Morgan fingerprint density at radius 1 is 0.250 bits per heavy atom. The fourth-order valence-corrected chi connectivity index (χ4v) is 2.53. The Labute approximate surface area is 224 Å². The van der Waals surface area contributed by atoms with Crippen molar-refractivity contribution in [1.29, 1.82) is 0 Å². The van der Waals surface area contributed by atoms with E-state index in [1.807, 2.05) is 0 Å². The van der Waals surface area contributed by atoms with Crippen molar-refractivity contribution in [3.05, 3.63) is 0 Å². The van der Waals surface area contributed by atoms with Crippen LogP contribution in [0, 0.1) is 0 Å². The van der Waals surface area contributed by atoms with E-state index in [-0.39, 0.29) is 0 Å². The molecule has 0 saturated carbocycles. The first-order valence-corrected chi connectivity index (χ1v) is 10.1. The number of hydrogen-bond acceptors (Lipinski definition) is 2. The van der Waals surface area contributed by atoms with Crippen LogP contribution in [0.3, 0.4) is 0 Å². The molecule has 28 heteroatoms. The van der Waals surface area contributed by atoms with E-state index in [2.05, 4.69) is 0 Å².